The average molecular weight is 571 g/mol. The van der Waals surface area contributed by atoms with Gasteiger partial charge in [-0.3, -0.25) is 14.4 Å². The number of carbonyl (C=O) groups excluding carboxylic acids is 4. The number of nitrogens with two attached hydrogens (primary N) is 1. The van der Waals surface area contributed by atoms with Gasteiger partial charge in [-0.2, -0.15) is 0 Å². The largest absolute Gasteiger partial charge is 0.467 e. The summed E-state index contributed by atoms with van der Waals surface area (Å²) in [5, 5.41) is 18.4. The summed E-state index contributed by atoms with van der Waals surface area (Å²) < 4.78 is 4.88. The third-order valence-corrected chi connectivity index (χ3v) is 6.09. The second-order valence-corrected chi connectivity index (χ2v) is 10.9. The Morgan fingerprint density at radius 1 is 0.821 bits per heavy atom. The summed E-state index contributed by atoms with van der Waals surface area (Å²) in [5.41, 5.74) is 6.80. The molecule has 0 heterocycles. The fraction of sp³-hybridized carbons (Fsp3) is 0.643. The Labute approximate surface area is 238 Å². The van der Waals surface area contributed by atoms with Gasteiger partial charge in [-0.1, -0.05) is 71.9 Å². The summed E-state index contributed by atoms with van der Waals surface area (Å²) >= 11 is 0. The number of nitrogens with one attached hydrogen (secondary N) is 3. The Hall–Kier alpha value is -2.69. The number of aliphatic hydroxyl groups is 1. The number of hydrogen-bond donors (Lipinski definition) is 5. The van der Waals surface area contributed by atoms with Crippen molar-refractivity contribution in [3.8, 4) is 0 Å². The quantitative estimate of drug-likeness (QED) is 0.201. The van der Waals surface area contributed by atoms with Gasteiger partial charge in [0.15, 0.2) is 0 Å². The van der Waals surface area contributed by atoms with Crippen molar-refractivity contribution in [3.05, 3.63) is 35.9 Å². The molecule has 222 valence electrons. The normalized spacial score (nSPS) is 15.0. The number of carbonyl (C=O) groups is 4. The van der Waals surface area contributed by atoms with Crippen molar-refractivity contribution in [3.63, 3.8) is 0 Å². The van der Waals surface area contributed by atoms with E-state index in [2.05, 4.69) is 16.0 Å². The first kappa shape index (κ1) is 36.3. The van der Waals surface area contributed by atoms with Crippen LogP contribution in [0.15, 0.2) is 30.3 Å². The lowest BCUT2D eigenvalue weighted by Gasteiger charge is -2.28. The molecule has 5 atom stereocenters. The Balaban J connectivity index is 0.0000144. The molecule has 0 saturated heterocycles. The molecule has 0 aliphatic rings. The first-order valence-corrected chi connectivity index (χ1v) is 13.2. The maximum atomic E-state index is 13.3. The minimum atomic E-state index is -1.47. The average Bonchev–Trinajstić information content (AvgIpc) is 2.84. The smallest absolute Gasteiger partial charge is 0.328 e. The van der Waals surface area contributed by atoms with Gasteiger partial charge in [-0.15, -0.1) is 12.4 Å². The summed E-state index contributed by atoms with van der Waals surface area (Å²) in [4.78, 5) is 51.6. The summed E-state index contributed by atoms with van der Waals surface area (Å²) in [7, 11) is 1.24. The molecule has 0 aliphatic carbocycles. The number of ether oxygens (including phenoxy) is 1. The molecule has 39 heavy (non-hydrogen) atoms. The van der Waals surface area contributed by atoms with E-state index in [4.69, 9.17) is 10.5 Å². The predicted octanol–water partition coefficient (Wildman–Crippen LogP) is 1.71. The maximum absolute atomic E-state index is 13.3. The topological polar surface area (TPSA) is 160 Å². The van der Waals surface area contributed by atoms with Crippen LogP contribution in [-0.2, 0) is 30.3 Å². The van der Waals surface area contributed by atoms with Gasteiger partial charge in [0.05, 0.1) is 7.11 Å². The lowest BCUT2D eigenvalue weighted by molar-refractivity contribution is -0.145. The van der Waals surface area contributed by atoms with Crippen LogP contribution >= 0.6 is 12.4 Å². The van der Waals surface area contributed by atoms with Crippen LogP contribution in [0.1, 0.15) is 59.9 Å². The highest BCUT2D eigenvalue weighted by atomic mass is 35.5. The van der Waals surface area contributed by atoms with Crippen LogP contribution in [0.2, 0.25) is 0 Å². The Morgan fingerprint density at radius 2 is 1.36 bits per heavy atom. The number of benzene rings is 1. The minimum Gasteiger partial charge on any atom is -0.467 e. The number of amides is 3. The lowest BCUT2D eigenvalue weighted by Crippen LogP contribution is -2.59. The van der Waals surface area contributed by atoms with E-state index in [0.29, 0.717) is 6.42 Å². The van der Waals surface area contributed by atoms with Gasteiger partial charge in [0.1, 0.15) is 24.2 Å². The number of rotatable bonds is 15. The number of hydrogen-bond acceptors (Lipinski definition) is 7. The van der Waals surface area contributed by atoms with Crippen LogP contribution in [0.3, 0.4) is 0 Å². The highest BCUT2D eigenvalue weighted by molar-refractivity contribution is 5.94. The summed E-state index contributed by atoms with van der Waals surface area (Å²) in [6, 6.07) is 5.50. The molecule has 0 aliphatic heterocycles. The van der Waals surface area contributed by atoms with Crippen LogP contribution in [0.25, 0.3) is 0 Å². The zero-order valence-corrected chi connectivity index (χ0v) is 24.9. The van der Waals surface area contributed by atoms with Gasteiger partial charge in [-0.05, 0) is 36.2 Å². The SMILES string of the molecule is COC(=O)[C@H](Cc1ccccc1)NC(=O)[C@@H](NC(=O)[C@H](CC(C)C)NC(=O)[C@@H](O)[C@@H](N)CC(C)C)C(C)C.Cl. The van der Waals surface area contributed by atoms with Crippen LogP contribution < -0.4 is 21.7 Å². The van der Waals surface area contributed by atoms with E-state index in [1.54, 1.807) is 13.8 Å². The molecule has 10 nitrogen and oxygen atoms in total. The van der Waals surface area contributed by atoms with Gasteiger partial charge in [0.25, 0.3) is 5.91 Å². The van der Waals surface area contributed by atoms with Crippen molar-refractivity contribution in [2.24, 2.45) is 23.5 Å². The van der Waals surface area contributed by atoms with E-state index in [1.165, 1.54) is 7.11 Å². The van der Waals surface area contributed by atoms with Crippen molar-refractivity contribution in [1.29, 1.82) is 0 Å². The number of aliphatic hydroxyl groups excluding tert-OH is 1. The van der Waals surface area contributed by atoms with E-state index >= 15 is 0 Å². The van der Waals surface area contributed by atoms with E-state index in [-0.39, 0.29) is 43.0 Å². The van der Waals surface area contributed by atoms with Crippen molar-refractivity contribution in [2.75, 3.05) is 7.11 Å². The highest BCUT2D eigenvalue weighted by Crippen LogP contribution is 2.12. The standard InChI is InChI=1S/C28H46N4O6.ClH/c1-16(2)13-20(29)24(33)27(36)30-21(14-17(3)4)25(34)32-23(18(5)6)26(35)31-22(28(37)38-7)15-19-11-9-8-10-12-19;/h8-12,16-18,20-24,33H,13-15,29H2,1-7H3,(H,30,36)(H,31,35)(H,32,34);1H/t20-,21-,22-,23-,24-;/m0./s1. The first-order chi connectivity index (χ1) is 17.8. The first-order valence-electron chi connectivity index (χ1n) is 13.2. The minimum absolute atomic E-state index is 0. The van der Waals surface area contributed by atoms with E-state index in [9.17, 15) is 24.3 Å². The number of esters is 1. The molecule has 11 heteroatoms. The molecule has 0 saturated carbocycles. The molecule has 0 spiro atoms. The van der Waals surface area contributed by atoms with Gasteiger partial charge < -0.3 is 31.5 Å². The number of halogens is 1. The third kappa shape index (κ3) is 12.8. The van der Waals surface area contributed by atoms with Gasteiger partial charge >= 0.3 is 5.97 Å². The van der Waals surface area contributed by atoms with Gasteiger partial charge in [-0.25, -0.2) is 4.79 Å². The highest BCUT2D eigenvalue weighted by Gasteiger charge is 2.33. The number of methoxy groups -OCH3 is 1. The fourth-order valence-electron chi connectivity index (χ4n) is 4.06. The van der Waals surface area contributed by atoms with Gasteiger partial charge in [0.2, 0.25) is 11.8 Å². The maximum Gasteiger partial charge on any atom is 0.328 e. The predicted molar refractivity (Wildman–Crippen MR) is 153 cm³/mol. The van der Waals surface area contributed by atoms with E-state index < -0.39 is 54.0 Å². The van der Waals surface area contributed by atoms with Crippen molar-refractivity contribution < 1.29 is 29.0 Å². The molecule has 0 radical (unpaired) electrons. The third-order valence-electron chi connectivity index (χ3n) is 6.09. The van der Waals surface area contributed by atoms with Gasteiger partial charge in [0, 0.05) is 12.5 Å². The Morgan fingerprint density at radius 3 is 1.85 bits per heavy atom. The van der Waals surface area contributed by atoms with Crippen LogP contribution in [0.4, 0.5) is 0 Å². The summed E-state index contributed by atoms with van der Waals surface area (Å²) in [6.07, 6.45) is -0.522. The lowest BCUT2D eigenvalue weighted by atomic mass is 9.97. The molecule has 0 bridgehead atoms. The molecular formula is C28H47ClN4O6. The molecule has 6 N–H and O–H groups in total. The molecule has 0 aromatic heterocycles. The van der Waals surface area contributed by atoms with E-state index in [1.807, 2.05) is 58.0 Å². The summed E-state index contributed by atoms with van der Waals surface area (Å²) in [5.74, 6) is -2.56. The zero-order chi connectivity index (χ0) is 29.0. The van der Waals surface area contributed by atoms with E-state index in [0.717, 1.165) is 5.56 Å². The van der Waals surface area contributed by atoms with Crippen molar-refractivity contribution in [2.45, 2.75) is 91.1 Å². The van der Waals surface area contributed by atoms with Crippen LogP contribution in [0.5, 0.6) is 0 Å². The monoisotopic (exact) mass is 570 g/mol. The molecule has 1 rings (SSSR count). The fourth-order valence-corrected chi connectivity index (χ4v) is 4.06. The summed E-state index contributed by atoms with van der Waals surface area (Å²) in [6.45, 7) is 11.2. The molecule has 1 aromatic carbocycles. The zero-order valence-electron chi connectivity index (χ0n) is 24.1. The Bertz CT molecular complexity index is 913. The van der Waals surface area contributed by atoms with Crippen LogP contribution in [0, 0.1) is 17.8 Å². The second-order valence-electron chi connectivity index (χ2n) is 10.9. The molecule has 1 aromatic rings. The molecule has 0 unspecified atom stereocenters. The van der Waals surface area contributed by atoms with Crippen LogP contribution in [-0.4, -0.2) is 66.2 Å². The van der Waals surface area contributed by atoms with Crippen molar-refractivity contribution >= 4 is 36.1 Å². The molecule has 3 amide bonds. The second kappa shape index (κ2) is 17.8. The van der Waals surface area contributed by atoms with Crippen molar-refractivity contribution in [1.82, 2.24) is 16.0 Å². The molecular weight excluding hydrogens is 524 g/mol. The Kier molecular flexibility index (Phi) is 16.6. The molecule has 0 fully saturated rings.